The molecule has 0 saturated carbocycles. The molecule has 13 nitrogen and oxygen atoms in total. The summed E-state index contributed by atoms with van der Waals surface area (Å²) in [6.07, 6.45) is 4.48. The number of nitrogens with zero attached hydrogens (tertiary/aromatic N) is 2. The van der Waals surface area contributed by atoms with Crippen LogP contribution in [0.1, 0.15) is 48.5 Å². The normalized spacial score (nSPS) is 10.8. The number of nitrogens with one attached hydrogen (secondary N) is 2. The number of carbonyl (C=O) groups excluding carboxylic acids is 2. The van der Waals surface area contributed by atoms with Crippen molar-refractivity contribution in [2.75, 3.05) is 10.6 Å². The largest absolute Gasteiger partial charge is 0.507 e. The predicted molar refractivity (Wildman–Crippen MR) is 149 cm³/mol. The van der Waals surface area contributed by atoms with Crippen molar-refractivity contribution in [1.29, 1.82) is 0 Å². The van der Waals surface area contributed by atoms with E-state index in [-0.39, 0.29) is 68.6 Å². The molecule has 13 heteroatoms. The maximum Gasteiger partial charge on any atom is 0.255 e. The topological polar surface area (TPSA) is 215 Å². The van der Waals surface area contributed by atoms with Gasteiger partial charge in [0.2, 0.25) is 0 Å². The monoisotopic (exact) mass is 576 g/mol. The molecular weight excluding hydrogens is 548 g/mol. The minimum absolute atomic E-state index is 0.0370. The highest BCUT2D eigenvalue weighted by Crippen LogP contribution is 2.32. The molecule has 1 aromatic heterocycles. The highest BCUT2D eigenvalue weighted by molar-refractivity contribution is 6.07. The number of hydrogen-bond donors (Lipinski definition) is 8. The highest BCUT2D eigenvalue weighted by atomic mass is 16.5. The van der Waals surface area contributed by atoms with E-state index in [1.54, 1.807) is 12.4 Å². The predicted octanol–water partition coefficient (Wildman–Crippen LogP) is 1.94. The van der Waals surface area contributed by atoms with E-state index < -0.39 is 38.2 Å². The zero-order chi connectivity index (χ0) is 30.2. The van der Waals surface area contributed by atoms with Gasteiger partial charge in [-0.15, -0.1) is 0 Å². The Kier molecular flexibility index (Phi) is 9.62. The first-order chi connectivity index (χ1) is 20.3. The Morgan fingerprint density at radius 1 is 0.690 bits per heavy atom. The first-order valence-corrected chi connectivity index (χ1v) is 12.5. The van der Waals surface area contributed by atoms with Crippen LogP contribution in [-0.4, -0.2) is 52.4 Å². The number of aromatic hydroxyl groups is 2. The molecule has 0 spiro atoms. The SMILES string of the molecule is O=C(Nc1ccc(OCc2cncnc2)c(NC(=O)c2cc(CO)c(O)c(CO)c2)c1)c1cc(CO)c(O)c(CO)c1. The number of anilines is 2. The zero-order valence-electron chi connectivity index (χ0n) is 22.1. The number of aliphatic hydroxyl groups is 4. The fourth-order valence-corrected chi connectivity index (χ4v) is 4.06. The van der Waals surface area contributed by atoms with E-state index in [1.807, 2.05) is 0 Å². The zero-order valence-corrected chi connectivity index (χ0v) is 22.1. The number of aromatic nitrogens is 2. The molecule has 0 aliphatic carbocycles. The highest BCUT2D eigenvalue weighted by Gasteiger charge is 2.18. The van der Waals surface area contributed by atoms with Crippen LogP contribution < -0.4 is 15.4 Å². The van der Waals surface area contributed by atoms with Crippen LogP contribution in [0.2, 0.25) is 0 Å². The van der Waals surface area contributed by atoms with E-state index in [9.17, 15) is 40.2 Å². The number of benzene rings is 3. The summed E-state index contributed by atoms with van der Waals surface area (Å²) >= 11 is 0. The van der Waals surface area contributed by atoms with Crippen molar-refractivity contribution >= 4 is 23.2 Å². The molecular formula is C29H28N4O9. The Labute approximate surface area is 239 Å². The molecule has 4 aromatic rings. The molecule has 0 atom stereocenters. The van der Waals surface area contributed by atoms with E-state index in [0.29, 0.717) is 5.56 Å². The minimum Gasteiger partial charge on any atom is -0.507 e. The number of carbonyl (C=O) groups is 2. The van der Waals surface area contributed by atoms with Gasteiger partial charge in [0, 0.05) is 57.0 Å². The Hall–Kier alpha value is -5.08. The summed E-state index contributed by atoms with van der Waals surface area (Å²) < 4.78 is 5.88. The number of rotatable bonds is 11. The third-order valence-corrected chi connectivity index (χ3v) is 6.24. The lowest BCUT2D eigenvalue weighted by atomic mass is 10.0. The molecule has 2 amide bonds. The van der Waals surface area contributed by atoms with Gasteiger partial charge in [-0.05, 0) is 42.5 Å². The lowest BCUT2D eigenvalue weighted by molar-refractivity contribution is 0.101. The summed E-state index contributed by atoms with van der Waals surface area (Å²) in [5.74, 6) is -1.68. The number of ether oxygens (including phenoxy) is 1. The van der Waals surface area contributed by atoms with E-state index in [2.05, 4.69) is 20.6 Å². The van der Waals surface area contributed by atoms with Crippen molar-refractivity contribution in [3.63, 3.8) is 0 Å². The van der Waals surface area contributed by atoms with Crippen LogP contribution in [0.15, 0.2) is 61.2 Å². The van der Waals surface area contributed by atoms with Gasteiger partial charge in [-0.25, -0.2) is 9.97 Å². The summed E-state index contributed by atoms with van der Waals surface area (Å²) in [6, 6.07) is 9.60. The van der Waals surface area contributed by atoms with Crippen molar-refractivity contribution in [2.24, 2.45) is 0 Å². The van der Waals surface area contributed by atoms with Crippen LogP contribution in [-0.2, 0) is 33.0 Å². The lowest BCUT2D eigenvalue weighted by Gasteiger charge is -2.16. The van der Waals surface area contributed by atoms with Crippen LogP contribution in [0.4, 0.5) is 11.4 Å². The first-order valence-electron chi connectivity index (χ1n) is 12.5. The van der Waals surface area contributed by atoms with Crippen LogP contribution in [0.25, 0.3) is 0 Å². The van der Waals surface area contributed by atoms with Crippen molar-refractivity contribution < 1.29 is 45.0 Å². The summed E-state index contributed by atoms with van der Waals surface area (Å²) in [5, 5.41) is 63.8. The quantitative estimate of drug-likeness (QED) is 0.129. The third-order valence-electron chi connectivity index (χ3n) is 6.24. The summed E-state index contributed by atoms with van der Waals surface area (Å²) in [6.45, 7) is -2.19. The number of hydrogen-bond acceptors (Lipinski definition) is 11. The van der Waals surface area contributed by atoms with Gasteiger partial charge >= 0.3 is 0 Å². The molecule has 0 bridgehead atoms. The van der Waals surface area contributed by atoms with E-state index in [0.717, 1.165) is 0 Å². The molecule has 0 radical (unpaired) electrons. The number of aliphatic hydroxyl groups excluding tert-OH is 4. The van der Waals surface area contributed by atoms with Gasteiger partial charge < -0.3 is 46.0 Å². The standard InChI is InChI=1S/C29H28N4O9/c34-10-19-3-17(4-20(11-35)26(19)38)28(40)32-23-1-2-25(42-14-16-8-30-15-31-9-16)24(7-23)33-29(41)18-5-21(12-36)27(39)22(6-18)13-37/h1-9,15,34-39H,10-14H2,(H,32,40)(H,33,41). The second kappa shape index (κ2) is 13.5. The van der Waals surface area contributed by atoms with Crippen LogP contribution in [0, 0.1) is 0 Å². The molecule has 3 aromatic carbocycles. The molecule has 0 saturated heterocycles. The van der Waals surface area contributed by atoms with E-state index in [1.165, 1.54) is 48.8 Å². The molecule has 8 N–H and O–H groups in total. The summed E-state index contributed by atoms with van der Waals surface area (Å²) in [4.78, 5) is 34.1. The summed E-state index contributed by atoms with van der Waals surface area (Å²) in [5.41, 5.74) is 1.36. The Morgan fingerprint density at radius 3 is 1.64 bits per heavy atom. The minimum atomic E-state index is -0.658. The fourth-order valence-electron chi connectivity index (χ4n) is 4.06. The maximum atomic E-state index is 13.2. The second-order valence-electron chi connectivity index (χ2n) is 9.07. The van der Waals surface area contributed by atoms with Gasteiger partial charge in [0.1, 0.15) is 30.2 Å². The lowest BCUT2D eigenvalue weighted by Crippen LogP contribution is -2.16. The molecule has 0 fully saturated rings. The molecule has 0 unspecified atom stereocenters. The van der Waals surface area contributed by atoms with Crippen LogP contribution >= 0.6 is 0 Å². The van der Waals surface area contributed by atoms with Gasteiger partial charge in [0.05, 0.1) is 32.1 Å². The van der Waals surface area contributed by atoms with Crippen LogP contribution in [0.5, 0.6) is 17.2 Å². The fraction of sp³-hybridized carbons (Fsp3) is 0.172. The Balaban J connectivity index is 1.65. The van der Waals surface area contributed by atoms with E-state index >= 15 is 0 Å². The molecule has 0 aliphatic rings. The van der Waals surface area contributed by atoms with Crippen molar-refractivity contribution in [1.82, 2.24) is 9.97 Å². The smallest absolute Gasteiger partial charge is 0.255 e. The Bertz CT molecular complexity index is 1550. The van der Waals surface area contributed by atoms with Gasteiger partial charge in [0.15, 0.2) is 0 Å². The van der Waals surface area contributed by atoms with Crippen molar-refractivity contribution in [2.45, 2.75) is 33.0 Å². The molecule has 0 aliphatic heterocycles. The molecule has 218 valence electrons. The van der Waals surface area contributed by atoms with Gasteiger partial charge in [-0.3, -0.25) is 9.59 Å². The van der Waals surface area contributed by atoms with Gasteiger partial charge in [-0.1, -0.05) is 0 Å². The van der Waals surface area contributed by atoms with Gasteiger partial charge in [0.25, 0.3) is 11.8 Å². The molecule has 1 heterocycles. The van der Waals surface area contributed by atoms with Crippen molar-refractivity contribution in [3.05, 3.63) is 100 Å². The summed E-state index contributed by atoms with van der Waals surface area (Å²) in [7, 11) is 0. The first kappa shape index (κ1) is 29.9. The van der Waals surface area contributed by atoms with Gasteiger partial charge in [-0.2, -0.15) is 0 Å². The molecule has 42 heavy (non-hydrogen) atoms. The maximum absolute atomic E-state index is 13.2. The van der Waals surface area contributed by atoms with Crippen molar-refractivity contribution in [3.8, 4) is 17.2 Å². The number of phenols is 2. The van der Waals surface area contributed by atoms with Crippen LogP contribution in [0.3, 0.4) is 0 Å². The average Bonchev–Trinajstić information content (AvgIpc) is 3.01. The van der Waals surface area contributed by atoms with E-state index in [4.69, 9.17) is 4.74 Å². The molecule has 4 rings (SSSR count). The Morgan fingerprint density at radius 2 is 1.17 bits per heavy atom. The number of amides is 2. The second-order valence-corrected chi connectivity index (χ2v) is 9.07. The third kappa shape index (κ3) is 6.79. The average molecular weight is 577 g/mol.